The van der Waals surface area contributed by atoms with E-state index in [4.69, 9.17) is 11.6 Å². The van der Waals surface area contributed by atoms with Crippen LogP contribution in [0, 0.1) is 6.92 Å². The van der Waals surface area contributed by atoms with Crippen LogP contribution >= 0.6 is 11.6 Å². The number of rotatable bonds is 2. The van der Waals surface area contributed by atoms with E-state index in [0.29, 0.717) is 17.2 Å². The van der Waals surface area contributed by atoms with Crippen molar-refractivity contribution in [1.29, 1.82) is 0 Å². The van der Waals surface area contributed by atoms with E-state index in [-0.39, 0.29) is 17.2 Å². The largest absolute Gasteiger partial charge is 0.346 e. The van der Waals surface area contributed by atoms with E-state index in [1.54, 1.807) is 6.92 Å². The molecule has 0 radical (unpaired) electrons. The van der Waals surface area contributed by atoms with Crippen LogP contribution in [0.5, 0.6) is 0 Å². The number of carbonyl (C=O) groups excluding carboxylic acids is 1. The molecule has 1 unspecified atom stereocenters. The van der Waals surface area contributed by atoms with Crippen LogP contribution < -0.4 is 10.2 Å². The second-order valence-corrected chi connectivity index (χ2v) is 4.52. The smallest absolute Gasteiger partial charge is 0.247 e. The van der Waals surface area contributed by atoms with Gasteiger partial charge in [0.2, 0.25) is 11.2 Å². The number of amides is 1. The van der Waals surface area contributed by atoms with Crippen LogP contribution in [0.3, 0.4) is 0 Å². The number of hydrogen-bond acceptors (Lipinski definition) is 4. The zero-order valence-electron chi connectivity index (χ0n) is 10.1. The minimum atomic E-state index is -0.183. The summed E-state index contributed by atoms with van der Waals surface area (Å²) in [5.41, 5.74) is 1.35. The van der Waals surface area contributed by atoms with E-state index in [1.807, 2.05) is 11.9 Å². The van der Waals surface area contributed by atoms with Crippen molar-refractivity contribution in [3.8, 4) is 0 Å². The Bertz CT molecular complexity index is 463. The Morgan fingerprint density at radius 1 is 1.47 bits per heavy atom. The third-order valence-corrected chi connectivity index (χ3v) is 3.13. The summed E-state index contributed by atoms with van der Waals surface area (Å²) in [6.45, 7) is 3.86. The zero-order chi connectivity index (χ0) is 12.6. The van der Waals surface area contributed by atoms with Crippen molar-refractivity contribution in [3.05, 3.63) is 11.0 Å². The lowest BCUT2D eigenvalue weighted by atomic mass is 10.1. The summed E-state index contributed by atoms with van der Waals surface area (Å²) in [5, 5.41) is 3.06. The molecule has 0 spiro atoms. The van der Waals surface area contributed by atoms with Gasteiger partial charge in [-0.1, -0.05) is 13.3 Å². The lowest BCUT2D eigenvalue weighted by Gasteiger charge is -2.34. The van der Waals surface area contributed by atoms with E-state index < -0.39 is 0 Å². The molecule has 1 N–H and O–H groups in total. The molecule has 2 rings (SSSR count). The Morgan fingerprint density at radius 2 is 2.18 bits per heavy atom. The van der Waals surface area contributed by atoms with Gasteiger partial charge in [-0.3, -0.25) is 4.79 Å². The summed E-state index contributed by atoms with van der Waals surface area (Å²) in [6, 6.07) is -0.183. The van der Waals surface area contributed by atoms with Gasteiger partial charge in [0.05, 0.1) is 5.69 Å². The van der Waals surface area contributed by atoms with Crippen molar-refractivity contribution in [1.82, 2.24) is 9.97 Å². The van der Waals surface area contributed by atoms with Crippen molar-refractivity contribution in [2.45, 2.75) is 32.7 Å². The first-order chi connectivity index (χ1) is 8.04. The van der Waals surface area contributed by atoms with Crippen LogP contribution in [0.2, 0.25) is 5.28 Å². The van der Waals surface area contributed by atoms with Gasteiger partial charge in [-0.25, -0.2) is 4.98 Å². The molecule has 1 aliphatic rings. The highest BCUT2D eigenvalue weighted by molar-refractivity contribution is 6.28. The lowest BCUT2D eigenvalue weighted by Crippen LogP contribution is -2.46. The summed E-state index contributed by atoms with van der Waals surface area (Å²) in [6.07, 6.45) is 1.73. The molecular formula is C11H15ClN4O. The van der Waals surface area contributed by atoms with Gasteiger partial charge in [0.25, 0.3) is 0 Å². The lowest BCUT2D eigenvalue weighted by molar-refractivity contribution is -0.117. The highest BCUT2D eigenvalue weighted by Gasteiger charge is 2.32. The SMILES string of the molecule is CCCC1C(=O)Nc2c(C)nc(Cl)nc2N1C. The van der Waals surface area contributed by atoms with Crippen LogP contribution in [0.4, 0.5) is 11.5 Å². The van der Waals surface area contributed by atoms with Crippen LogP contribution in [-0.4, -0.2) is 29.0 Å². The van der Waals surface area contributed by atoms with Gasteiger partial charge >= 0.3 is 0 Å². The Morgan fingerprint density at radius 3 is 2.82 bits per heavy atom. The fourth-order valence-corrected chi connectivity index (χ4v) is 2.26. The molecule has 17 heavy (non-hydrogen) atoms. The van der Waals surface area contributed by atoms with Crippen LogP contribution in [-0.2, 0) is 4.79 Å². The quantitative estimate of drug-likeness (QED) is 0.820. The molecule has 0 fully saturated rings. The van der Waals surface area contributed by atoms with E-state index >= 15 is 0 Å². The molecule has 0 saturated carbocycles. The topological polar surface area (TPSA) is 58.1 Å². The van der Waals surface area contributed by atoms with Gasteiger partial charge in [-0.15, -0.1) is 0 Å². The van der Waals surface area contributed by atoms with Crippen molar-refractivity contribution >= 4 is 29.0 Å². The summed E-state index contributed by atoms with van der Waals surface area (Å²) in [4.78, 5) is 22.1. The van der Waals surface area contributed by atoms with Crippen molar-refractivity contribution in [2.75, 3.05) is 17.3 Å². The molecule has 5 nitrogen and oxygen atoms in total. The minimum absolute atomic E-state index is 0.00382. The number of anilines is 2. The molecule has 2 heterocycles. The van der Waals surface area contributed by atoms with Gasteiger partial charge in [0, 0.05) is 7.05 Å². The van der Waals surface area contributed by atoms with Crippen molar-refractivity contribution in [3.63, 3.8) is 0 Å². The third kappa shape index (κ3) is 2.07. The Balaban J connectivity index is 2.46. The molecule has 6 heteroatoms. The molecule has 0 saturated heterocycles. The molecule has 1 aliphatic heterocycles. The summed E-state index contributed by atoms with van der Waals surface area (Å²) >= 11 is 5.85. The molecule has 0 aliphatic carbocycles. The van der Waals surface area contributed by atoms with Crippen LogP contribution in [0.25, 0.3) is 0 Å². The predicted octanol–water partition coefficient (Wildman–Crippen LogP) is 2.00. The van der Waals surface area contributed by atoms with Crippen LogP contribution in [0.1, 0.15) is 25.5 Å². The fourth-order valence-electron chi connectivity index (χ4n) is 2.05. The molecule has 92 valence electrons. The number of nitrogens with zero attached hydrogens (tertiary/aromatic N) is 3. The van der Waals surface area contributed by atoms with Gasteiger partial charge in [-0.05, 0) is 24.9 Å². The Labute approximate surface area is 105 Å². The van der Waals surface area contributed by atoms with Gasteiger partial charge < -0.3 is 10.2 Å². The molecule has 1 amide bonds. The number of likely N-dealkylation sites (N-methyl/N-ethyl adjacent to an activating group) is 1. The summed E-state index contributed by atoms with van der Waals surface area (Å²) in [7, 11) is 1.86. The number of carbonyl (C=O) groups is 1. The maximum absolute atomic E-state index is 12.0. The average Bonchev–Trinajstić information content (AvgIpc) is 2.26. The zero-order valence-corrected chi connectivity index (χ0v) is 10.9. The van der Waals surface area contributed by atoms with Crippen LogP contribution in [0.15, 0.2) is 0 Å². The summed E-state index contributed by atoms with van der Waals surface area (Å²) in [5.74, 6) is 0.691. The fraction of sp³-hybridized carbons (Fsp3) is 0.545. The molecule has 0 aromatic carbocycles. The maximum Gasteiger partial charge on any atom is 0.247 e. The number of nitrogens with one attached hydrogen (secondary N) is 1. The molecule has 1 atom stereocenters. The third-order valence-electron chi connectivity index (χ3n) is 2.96. The van der Waals surface area contributed by atoms with E-state index in [1.165, 1.54) is 0 Å². The maximum atomic E-state index is 12.0. The first kappa shape index (κ1) is 12.1. The van der Waals surface area contributed by atoms with Crippen molar-refractivity contribution in [2.24, 2.45) is 0 Å². The number of aromatic nitrogens is 2. The standard InChI is InChI=1S/C11H15ClN4O/c1-4-5-7-10(17)14-8-6(2)13-11(12)15-9(8)16(7)3/h7H,4-5H2,1-3H3,(H,14,17). The monoisotopic (exact) mass is 254 g/mol. The first-order valence-corrected chi connectivity index (χ1v) is 6.00. The molecule has 0 bridgehead atoms. The average molecular weight is 255 g/mol. The van der Waals surface area contributed by atoms with E-state index in [9.17, 15) is 4.79 Å². The molecule has 1 aromatic rings. The molecular weight excluding hydrogens is 240 g/mol. The second kappa shape index (κ2) is 4.49. The minimum Gasteiger partial charge on any atom is -0.346 e. The number of fused-ring (bicyclic) bond motifs is 1. The highest BCUT2D eigenvalue weighted by Crippen LogP contribution is 2.32. The summed E-state index contributed by atoms with van der Waals surface area (Å²) < 4.78 is 0. The Hall–Kier alpha value is -1.36. The second-order valence-electron chi connectivity index (χ2n) is 4.18. The highest BCUT2D eigenvalue weighted by atomic mass is 35.5. The first-order valence-electron chi connectivity index (χ1n) is 5.62. The normalized spacial score (nSPS) is 18.9. The van der Waals surface area contributed by atoms with E-state index in [2.05, 4.69) is 22.2 Å². The number of hydrogen-bond donors (Lipinski definition) is 1. The van der Waals surface area contributed by atoms with Crippen molar-refractivity contribution < 1.29 is 4.79 Å². The van der Waals surface area contributed by atoms with E-state index in [0.717, 1.165) is 12.8 Å². The Kier molecular flexibility index (Phi) is 3.19. The number of halogens is 1. The molecule has 1 aromatic heterocycles. The van der Waals surface area contributed by atoms with Gasteiger partial charge in [-0.2, -0.15) is 4.98 Å². The predicted molar refractivity (Wildman–Crippen MR) is 67.5 cm³/mol. The van der Waals surface area contributed by atoms with Gasteiger partial charge in [0.15, 0.2) is 5.82 Å². The van der Waals surface area contributed by atoms with Gasteiger partial charge in [0.1, 0.15) is 11.7 Å². The number of aryl methyl sites for hydroxylation is 1.